The highest BCUT2D eigenvalue weighted by atomic mass is 79.9. The number of carbonyl (C=O) groups excluding carboxylic acids is 1. The van der Waals surface area contributed by atoms with Gasteiger partial charge < -0.3 is 10.1 Å². The number of nitrogens with zero attached hydrogens (tertiary/aromatic N) is 1. The zero-order valence-corrected chi connectivity index (χ0v) is 17.3. The molecule has 27 heavy (non-hydrogen) atoms. The van der Waals surface area contributed by atoms with Crippen molar-refractivity contribution < 1.29 is 17.9 Å². The van der Waals surface area contributed by atoms with Gasteiger partial charge >= 0.3 is 0 Å². The molecule has 3 rings (SSSR count). The third-order valence-corrected chi connectivity index (χ3v) is 6.88. The molecular weight excluding hydrogens is 432 g/mol. The highest BCUT2D eigenvalue weighted by Gasteiger charge is 2.26. The molecule has 6 nitrogen and oxygen atoms in total. The van der Waals surface area contributed by atoms with E-state index in [0.717, 1.165) is 21.3 Å². The monoisotopic (exact) mass is 452 g/mol. The molecule has 0 saturated carbocycles. The summed E-state index contributed by atoms with van der Waals surface area (Å²) in [6.07, 6.45) is 0.650. The van der Waals surface area contributed by atoms with Crippen molar-refractivity contribution in [2.24, 2.45) is 0 Å². The van der Waals surface area contributed by atoms with Gasteiger partial charge in [0, 0.05) is 29.7 Å². The minimum Gasteiger partial charge on any atom is -0.497 e. The van der Waals surface area contributed by atoms with E-state index < -0.39 is 10.0 Å². The molecule has 0 aliphatic carbocycles. The standard InChI is InChI=1S/C19H21BrN2O4S/c1-26-18-7-4-16-13-22(10-8-15(16)12-18)27(24,25)11-9-21-19(23)14-2-5-17(20)6-3-14/h2-7,12H,8-11,13H2,1H3,(H,21,23). The summed E-state index contributed by atoms with van der Waals surface area (Å²) < 4.78 is 32.8. The van der Waals surface area contributed by atoms with Crippen molar-refractivity contribution in [1.29, 1.82) is 0 Å². The Morgan fingerprint density at radius 3 is 2.63 bits per heavy atom. The number of fused-ring (bicyclic) bond motifs is 1. The summed E-state index contributed by atoms with van der Waals surface area (Å²) in [6.45, 7) is 0.856. The van der Waals surface area contributed by atoms with Gasteiger partial charge in [-0.2, -0.15) is 4.31 Å². The van der Waals surface area contributed by atoms with E-state index in [-0.39, 0.29) is 18.2 Å². The Balaban J connectivity index is 1.57. The van der Waals surface area contributed by atoms with Crippen molar-refractivity contribution in [2.45, 2.75) is 13.0 Å². The molecule has 1 aliphatic rings. The number of hydrogen-bond acceptors (Lipinski definition) is 4. The van der Waals surface area contributed by atoms with Crippen molar-refractivity contribution in [3.05, 3.63) is 63.6 Å². The lowest BCUT2D eigenvalue weighted by molar-refractivity contribution is 0.0956. The minimum atomic E-state index is -3.45. The lowest BCUT2D eigenvalue weighted by atomic mass is 10.0. The molecule has 1 heterocycles. The average Bonchev–Trinajstić information content (AvgIpc) is 2.67. The number of nitrogens with one attached hydrogen (secondary N) is 1. The predicted molar refractivity (Wildman–Crippen MR) is 107 cm³/mol. The van der Waals surface area contributed by atoms with Gasteiger partial charge in [0.1, 0.15) is 5.75 Å². The second-order valence-electron chi connectivity index (χ2n) is 6.30. The van der Waals surface area contributed by atoms with E-state index >= 15 is 0 Å². The quantitative estimate of drug-likeness (QED) is 0.730. The van der Waals surface area contributed by atoms with Crippen LogP contribution < -0.4 is 10.1 Å². The lowest BCUT2D eigenvalue weighted by Gasteiger charge is -2.28. The summed E-state index contributed by atoms with van der Waals surface area (Å²) in [7, 11) is -1.83. The van der Waals surface area contributed by atoms with Gasteiger partial charge in [-0.15, -0.1) is 0 Å². The fraction of sp³-hybridized carbons (Fsp3) is 0.316. The van der Waals surface area contributed by atoms with Crippen LogP contribution >= 0.6 is 15.9 Å². The number of rotatable bonds is 6. The van der Waals surface area contributed by atoms with E-state index in [1.54, 1.807) is 31.4 Å². The first-order valence-electron chi connectivity index (χ1n) is 8.56. The molecule has 0 atom stereocenters. The summed E-state index contributed by atoms with van der Waals surface area (Å²) in [5.74, 6) is 0.371. The Morgan fingerprint density at radius 1 is 1.19 bits per heavy atom. The van der Waals surface area contributed by atoms with Crippen LogP contribution in [0.2, 0.25) is 0 Å². The second-order valence-corrected chi connectivity index (χ2v) is 9.30. The Morgan fingerprint density at radius 2 is 1.93 bits per heavy atom. The number of hydrogen-bond donors (Lipinski definition) is 1. The molecule has 0 aromatic heterocycles. The topological polar surface area (TPSA) is 75.7 Å². The lowest BCUT2D eigenvalue weighted by Crippen LogP contribution is -2.40. The molecule has 1 aliphatic heterocycles. The van der Waals surface area contributed by atoms with Gasteiger partial charge in [-0.1, -0.05) is 22.0 Å². The number of amides is 1. The van der Waals surface area contributed by atoms with Gasteiger partial charge in [0.05, 0.1) is 12.9 Å². The first-order chi connectivity index (χ1) is 12.9. The van der Waals surface area contributed by atoms with Crippen LogP contribution in [-0.2, 0) is 23.0 Å². The first-order valence-corrected chi connectivity index (χ1v) is 11.0. The predicted octanol–water partition coefficient (Wildman–Crippen LogP) is 2.58. The average molecular weight is 453 g/mol. The SMILES string of the molecule is COc1ccc2c(c1)CCN(S(=O)(=O)CCNC(=O)c1ccc(Br)cc1)C2. The number of carbonyl (C=O) groups is 1. The zero-order chi connectivity index (χ0) is 19.4. The fourth-order valence-corrected chi connectivity index (χ4v) is 4.58. The van der Waals surface area contributed by atoms with Crippen LogP contribution in [0.25, 0.3) is 0 Å². The number of ether oxygens (including phenoxy) is 1. The molecular formula is C19H21BrN2O4S. The molecule has 0 saturated heterocycles. The van der Waals surface area contributed by atoms with Gasteiger partial charge in [-0.05, 0) is 53.9 Å². The van der Waals surface area contributed by atoms with Crippen molar-refractivity contribution in [2.75, 3.05) is 26.0 Å². The molecule has 0 bridgehead atoms. The normalized spacial score (nSPS) is 14.4. The highest BCUT2D eigenvalue weighted by molar-refractivity contribution is 9.10. The minimum absolute atomic E-state index is 0.0726. The fourth-order valence-electron chi connectivity index (χ4n) is 2.99. The maximum atomic E-state index is 12.6. The third-order valence-electron chi connectivity index (χ3n) is 4.54. The van der Waals surface area contributed by atoms with Crippen molar-refractivity contribution in [3.8, 4) is 5.75 Å². The summed E-state index contributed by atoms with van der Waals surface area (Å²) in [6, 6.07) is 12.6. The summed E-state index contributed by atoms with van der Waals surface area (Å²) in [5.41, 5.74) is 2.60. The number of sulfonamides is 1. The molecule has 144 valence electrons. The van der Waals surface area contributed by atoms with Crippen molar-refractivity contribution >= 4 is 31.9 Å². The van der Waals surface area contributed by atoms with Gasteiger partial charge in [0.25, 0.3) is 5.91 Å². The molecule has 2 aromatic rings. The first kappa shape index (κ1) is 19.9. The number of methoxy groups -OCH3 is 1. The molecule has 0 unspecified atom stereocenters. The third kappa shape index (κ3) is 4.88. The summed E-state index contributed by atoms with van der Waals surface area (Å²) in [4.78, 5) is 12.1. The maximum Gasteiger partial charge on any atom is 0.251 e. The van der Waals surface area contributed by atoms with Crippen LogP contribution in [0, 0.1) is 0 Å². The van der Waals surface area contributed by atoms with Crippen LogP contribution in [0.4, 0.5) is 0 Å². The van der Waals surface area contributed by atoms with E-state index in [1.807, 2.05) is 18.2 Å². The van der Waals surface area contributed by atoms with E-state index in [2.05, 4.69) is 21.2 Å². The molecule has 8 heteroatoms. The molecule has 1 amide bonds. The molecule has 1 N–H and O–H groups in total. The number of benzene rings is 2. The van der Waals surface area contributed by atoms with Crippen LogP contribution in [0.5, 0.6) is 5.75 Å². The molecule has 0 fully saturated rings. The van der Waals surface area contributed by atoms with Crippen molar-refractivity contribution in [1.82, 2.24) is 9.62 Å². The van der Waals surface area contributed by atoms with Gasteiger partial charge in [0.15, 0.2) is 0 Å². The molecule has 0 spiro atoms. The smallest absolute Gasteiger partial charge is 0.251 e. The summed E-state index contributed by atoms with van der Waals surface area (Å²) in [5, 5.41) is 2.67. The Labute approximate surface area is 167 Å². The van der Waals surface area contributed by atoms with Crippen LogP contribution in [0.1, 0.15) is 21.5 Å². The largest absolute Gasteiger partial charge is 0.497 e. The molecule has 0 radical (unpaired) electrons. The van der Waals surface area contributed by atoms with Crippen LogP contribution in [0.15, 0.2) is 46.9 Å². The van der Waals surface area contributed by atoms with Crippen LogP contribution in [0.3, 0.4) is 0 Å². The van der Waals surface area contributed by atoms with Crippen molar-refractivity contribution in [3.63, 3.8) is 0 Å². The highest BCUT2D eigenvalue weighted by Crippen LogP contribution is 2.25. The summed E-state index contributed by atoms with van der Waals surface area (Å²) >= 11 is 3.31. The van der Waals surface area contributed by atoms with Gasteiger partial charge in [-0.25, -0.2) is 8.42 Å². The molecule has 2 aromatic carbocycles. The van der Waals surface area contributed by atoms with Crippen LogP contribution in [-0.4, -0.2) is 44.6 Å². The Hall–Kier alpha value is -1.90. The Kier molecular flexibility index (Phi) is 6.18. The maximum absolute atomic E-state index is 12.6. The van der Waals surface area contributed by atoms with E-state index in [0.29, 0.717) is 25.1 Å². The number of halogens is 1. The second kappa shape index (κ2) is 8.41. The van der Waals surface area contributed by atoms with E-state index in [4.69, 9.17) is 4.74 Å². The van der Waals surface area contributed by atoms with Gasteiger partial charge in [0.2, 0.25) is 10.0 Å². The zero-order valence-electron chi connectivity index (χ0n) is 14.9. The Bertz CT molecular complexity index is 929. The van der Waals surface area contributed by atoms with E-state index in [1.165, 1.54) is 4.31 Å². The van der Waals surface area contributed by atoms with E-state index in [9.17, 15) is 13.2 Å². The van der Waals surface area contributed by atoms with Gasteiger partial charge in [-0.3, -0.25) is 4.79 Å².